The maximum Gasteiger partial charge on any atom is 0.222 e. The fourth-order valence-electron chi connectivity index (χ4n) is 10.2. The zero-order chi connectivity index (χ0) is 50.0. The van der Waals surface area contributed by atoms with Crippen molar-refractivity contribution >= 4 is 5.91 Å². The molecule has 0 rings (SSSR count). The molecule has 0 fully saturated rings. The molecule has 5 heteroatoms. The predicted octanol–water partition coefficient (Wildman–Crippen LogP) is 20.0. The average Bonchev–Trinajstić information content (AvgIpc) is 3.35. The molecule has 0 aromatic heterocycles. The van der Waals surface area contributed by atoms with Crippen molar-refractivity contribution < 1.29 is 20.1 Å². The van der Waals surface area contributed by atoms with Gasteiger partial charge in [-0.15, -0.1) is 0 Å². The number of hydrogen-bond donors (Lipinski definition) is 4. The van der Waals surface area contributed by atoms with Crippen LogP contribution in [0.3, 0.4) is 0 Å². The quantitative estimate of drug-likeness (QED) is 0.0361. The fraction of sp³-hybridized carbons (Fsp3) is 0.922. The number of aliphatic hydroxyl groups is 3. The van der Waals surface area contributed by atoms with E-state index >= 15 is 0 Å². The molecule has 4 N–H and O–H groups in total. The van der Waals surface area contributed by atoms with Gasteiger partial charge in [0.15, 0.2) is 0 Å². The number of unbranched alkanes of at least 4 members (excludes halogenated alkanes) is 48. The lowest BCUT2D eigenvalue weighted by Gasteiger charge is -2.21. The van der Waals surface area contributed by atoms with Gasteiger partial charge in [0.25, 0.3) is 0 Å². The van der Waals surface area contributed by atoms with Crippen LogP contribution in [0, 0.1) is 0 Å². The molecule has 0 saturated carbocycles. The third-order valence-electron chi connectivity index (χ3n) is 15.0. The fourth-order valence-corrected chi connectivity index (χ4v) is 10.2. The van der Waals surface area contributed by atoms with Crippen LogP contribution in [-0.4, -0.2) is 46.1 Å². The maximum atomic E-state index is 12.5. The Bertz CT molecular complexity index is 1030. The van der Waals surface area contributed by atoms with Crippen LogP contribution in [0.1, 0.15) is 354 Å². The van der Waals surface area contributed by atoms with Gasteiger partial charge in [-0.3, -0.25) is 4.79 Å². The lowest BCUT2D eigenvalue weighted by atomic mass is 10.0. The van der Waals surface area contributed by atoms with Gasteiger partial charge in [-0.2, -0.15) is 0 Å². The summed E-state index contributed by atoms with van der Waals surface area (Å²) in [6, 6.07) is -0.759. The maximum absolute atomic E-state index is 12.5. The minimum absolute atomic E-state index is 0.0105. The zero-order valence-electron chi connectivity index (χ0n) is 47.0. The van der Waals surface area contributed by atoms with Gasteiger partial charge in [0.05, 0.1) is 31.3 Å². The smallest absolute Gasteiger partial charge is 0.222 e. The van der Waals surface area contributed by atoms with Crippen molar-refractivity contribution in [2.24, 2.45) is 0 Å². The Morgan fingerprint density at radius 1 is 0.362 bits per heavy atom. The summed E-state index contributed by atoms with van der Waals surface area (Å²) in [5, 5.41) is 33.4. The second kappa shape index (κ2) is 59.4. The number of hydrogen-bond acceptors (Lipinski definition) is 4. The third kappa shape index (κ3) is 56.0. The molecule has 3 atom stereocenters. The highest BCUT2D eigenvalue weighted by atomic mass is 16.3. The molecule has 69 heavy (non-hydrogen) atoms. The summed E-state index contributed by atoms with van der Waals surface area (Å²) < 4.78 is 0. The van der Waals surface area contributed by atoms with Gasteiger partial charge in [0, 0.05) is 0 Å². The number of allylic oxidation sites excluding steroid dienone is 3. The lowest BCUT2D eigenvalue weighted by Crippen LogP contribution is -2.45. The van der Waals surface area contributed by atoms with Gasteiger partial charge in [-0.05, 0) is 32.1 Å². The van der Waals surface area contributed by atoms with Crippen LogP contribution in [-0.2, 0) is 4.79 Å². The summed E-state index contributed by atoms with van der Waals surface area (Å²) in [6.45, 7) is 4.24. The monoisotopic (exact) mass is 972 g/mol. The van der Waals surface area contributed by atoms with E-state index in [2.05, 4.69) is 31.3 Å². The molecule has 0 saturated heterocycles. The number of rotatable bonds is 59. The Hall–Kier alpha value is -1.17. The molecule has 0 aliphatic heterocycles. The topological polar surface area (TPSA) is 89.8 Å². The average molecular weight is 973 g/mol. The van der Waals surface area contributed by atoms with Crippen molar-refractivity contribution in [2.75, 3.05) is 6.61 Å². The highest BCUT2D eigenvalue weighted by molar-refractivity contribution is 5.76. The number of carbonyl (C=O) groups is 1. The summed E-state index contributed by atoms with van der Waals surface area (Å²) in [4.78, 5) is 12.5. The Morgan fingerprint density at radius 2 is 0.623 bits per heavy atom. The van der Waals surface area contributed by atoms with E-state index in [0.29, 0.717) is 6.42 Å². The predicted molar refractivity (Wildman–Crippen MR) is 305 cm³/mol. The molecule has 5 nitrogen and oxygen atoms in total. The van der Waals surface area contributed by atoms with Crippen molar-refractivity contribution in [3.05, 3.63) is 24.3 Å². The lowest BCUT2D eigenvalue weighted by molar-refractivity contribution is -0.124. The second-order valence-corrected chi connectivity index (χ2v) is 22.0. The van der Waals surface area contributed by atoms with Crippen LogP contribution < -0.4 is 5.32 Å². The van der Waals surface area contributed by atoms with E-state index < -0.39 is 18.2 Å². The van der Waals surface area contributed by atoms with Crippen LogP contribution in [0.15, 0.2) is 24.3 Å². The van der Waals surface area contributed by atoms with Gasteiger partial charge in [-0.25, -0.2) is 0 Å². The molecule has 410 valence electrons. The number of amides is 1. The van der Waals surface area contributed by atoms with E-state index in [1.165, 1.54) is 295 Å². The first kappa shape index (κ1) is 67.8. The standard InChI is InChI=1S/C64H125NO4/c1-3-5-7-9-11-13-15-17-19-21-22-23-24-25-26-27-28-29-30-31-32-33-34-35-36-37-38-39-40-42-43-45-47-49-51-53-55-57-61(67)59-64(69)65-62(60-66)63(68)58-56-54-52-50-48-46-44-41-20-18-16-14-12-10-8-6-4-2/h48,50,56,58,61-63,66-68H,3-47,49,51-55,57,59-60H2,1-2H3,(H,65,69)/b50-48+,58-56+. The molecule has 1 amide bonds. The van der Waals surface area contributed by atoms with Crippen molar-refractivity contribution in [1.29, 1.82) is 0 Å². The van der Waals surface area contributed by atoms with Gasteiger partial charge in [0.1, 0.15) is 0 Å². The minimum Gasteiger partial charge on any atom is -0.394 e. The van der Waals surface area contributed by atoms with Crippen LogP contribution >= 0.6 is 0 Å². The van der Waals surface area contributed by atoms with E-state index in [1.54, 1.807) is 6.08 Å². The molecule has 0 aliphatic carbocycles. The first-order chi connectivity index (χ1) is 34.0. The molecule has 3 unspecified atom stereocenters. The molecule has 0 aromatic carbocycles. The SMILES string of the molecule is CCCCCCCCCCCCC/C=C/CC/C=C/C(O)C(CO)NC(=O)CC(O)CCCCCCCCCCCCCCCCCCCCCCCCCCCCCCCCCCCCCCC. The van der Waals surface area contributed by atoms with Crippen molar-refractivity contribution in [1.82, 2.24) is 5.32 Å². The van der Waals surface area contributed by atoms with E-state index in [-0.39, 0.29) is 18.9 Å². The summed E-state index contributed by atoms with van der Waals surface area (Å²) in [5.41, 5.74) is 0. The Balaban J connectivity index is 3.45. The summed E-state index contributed by atoms with van der Waals surface area (Å²) in [5.74, 6) is -0.319. The number of aliphatic hydroxyl groups excluding tert-OH is 3. The molecular formula is C64H125NO4. The molecule has 0 aromatic rings. The van der Waals surface area contributed by atoms with Gasteiger partial charge in [0.2, 0.25) is 5.91 Å². The van der Waals surface area contributed by atoms with Gasteiger partial charge in [-0.1, -0.05) is 340 Å². The van der Waals surface area contributed by atoms with Crippen LogP contribution in [0.5, 0.6) is 0 Å². The largest absolute Gasteiger partial charge is 0.394 e. The summed E-state index contributed by atoms with van der Waals surface area (Å²) in [6.07, 6.45) is 77.0. The van der Waals surface area contributed by atoms with Gasteiger partial charge < -0.3 is 20.6 Å². The van der Waals surface area contributed by atoms with Crippen LogP contribution in [0.4, 0.5) is 0 Å². The number of nitrogens with one attached hydrogen (secondary N) is 1. The first-order valence-corrected chi connectivity index (χ1v) is 31.6. The molecule has 0 bridgehead atoms. The second-order valence-electron chi connectivity index (χ2n) is 22.0. The van der Waals surface area contributed by atoms with Crippen LogP contribution in [0.2, 0.25) is 0 Å². The highest BCUT2D eigenvalue weighted by Gasteiger charge is 2.20. The molecule has 0 spiro atoms. The van der Waals surface area contributed by atoms with Crippen LogP contribution in [0.25, 0.3) is 0 Å². The summed E-state index contributed by atoms with van der Waals surface area (Å²) in [7, 11) is 0. The Morgan fingerprint density at radius 3 is 0.928 bits per heavy atom. The highest BCUT2D eigenvalue weighted by Crippen LogP contribution is 2.19. The van der Waals surface area contributed by atoms with Gasteiger partial charge >= 0.3 is 0 Å². The molecular weight excluding hydrogens is 847 g/mol. The van der Waals surface area contributed by atoms with E-state index in [9.17, 15) is 20.1 Å². The molecule has 0 aliphatic rings. The van der Waals surface area contributed by atoms with Crippen molar-refractivity contribution in [2.45, 2.75) is 372 Å². The Kier molecular flexibility index (Phi) is 58.4. The van der Waals surface area contributed by atoms with Crippen molar-refractivity contribution in [3.8, 4) is 0 Å². The number of carbonyl (C=O) groups excluding carboxylic acids is 1. The molecule has 0 radical (unpaired) electrons. The Labute approximate surface area is 432 Å². The summed E-state index contributed by atoms with van der Waals surface area (Å²) >= 11 is 0. The van der Waals surface area contributed by atoms with E-state index in [1.807, 2.05) is 6.08 Å². The van der Waals surface area contributed by atoms with E-state index in [0.717, 1.165) is 32.1 Å². The first-order valence-electron chi connectivity index (χ1n) is 31.6. The normalized spacial score (nSPS) is 13.3. The third-order valence-corrected chi connectivity index (χ3v) is 15.0. The van der Waals surface area contributed by atoms with E-state index in [4.69, 9.17) is 0 Å². The molecule has 0 heterocycles. The minimum atomic E-state index is -0.950. The zero-order valence-corrected chi connectivity index (χ0v) is 47.0. The van der Waals surface area contributed by atoms with Crippen molar-refractivity contribution in [3.63, 3.8) is 0 Å².